The maximum absolute atomic E-state index is 11.9. The minimum Gasteiger partial charge on any atom is -0.378 e. The van der Waals surface area contributed by atoms with Gasteiger partial charge in [-0.05, 0) is 72.7 Å². The molecule has 1 fully saturated rings. The van der Waals surface area contributed by atoms with Crippen LogP contribution < -0.4 is 10.6 Å². The number of likely N-dealkylation sites (tertiary alicyclic amines) is 1. The molecule has 3 aromatic rings. The molecule has 198 valence electrons. The van der Waals surface area contributed by atoms with Gasteiger partial charge in [-0.2, -0.15) is 5.10 Å². The number of aldehydes is 1. The highest BCUT2D eigenvalue weighted by molar-refractivity contribution is 5.80. The number of aromatic nitrogens is 3. The van der Waals surface area contributed by atoms with Gasteiger partial charge in [0, 0.05) is 49.6 Å². The van der Waals surface area contributed by atoms with Gasteiger partial charge in [0.2, 0.25) is 5.91 Å². The molecule has 38 heavy (non-hydrogen) atoms. The predicted molar refractivity (Wildman–Crippen MR) is 150 cm³/mol. The number of nitrogens with one attached hydrogen (secondary N) is 2. The number of amides is 1. The third kappa shape index (κ3) is 5.64. The van der Waals surface area contributed by atoms with Crippen LogP contribution in [0.1, 0.15) is 68.7 Å². The standard InChI is InChI=1S/C30H36N6O2/c1-20(2)9-15-36-18-25(17-32-36)27-16-24-8-12-31-28(19-37)29(24)30(34-27)33-26-6-4-22(5-7-26)23-10-13-35(14-11-23)21(3)38/h4-8,12,16-20,23,28,31H,9-11,13-15H2,1-3H3,(H,33,34). The molecule has 8 heteroatoms. The summed E-state index contributed by atoms with van der Waals surface area (Å²) in [7, 11) is 0. The van der Waals surface area contributed by atoms with Crippen molar-refractivity contribution in [3.63, 3.8) is 0 Å². The molecule has 1 unspecified atom stereocenters. The van der Waals surface area contributed by atoms with Gasteiger partial charge in [0.25, 0.3) is 0 Å². The Labute approximate surface area is 224 Å². The number of hydrogen-bond acceptors (Lipinski definition) is 6. The molecule has 8 nitrogen and oxygen atoms in total. The van der Waals surface area contributed by atoms with E-state index in [1.807, 2.05) is 40.3 Å². The number of rotatable bonds is 8. The van der Waals surface area contributed by atoms with Gasteiger partial charge >= 0.3 is 0 Å². The number of carbonyl (C=O) groups is 2. The Bertz CT molecular complexity index is 1320. The van der Waals surface area contributed by atoms with Gasteiger partial charge in [0.1, 0.15) is 18.1 Å². The molecule has 1 aromatic carbocycles. The van der Waals surface area contributed by atoms with E-state index in [-0.39, 0.29) is 5.91 Å². The van der Waals surface area contributed by atoms with Gasteiger partial charge in [-0.1, -0.05) is 26.0 Å². The molecule has 4 heterocycles. The van der Waals surface area contributed by atoms with Gasteiger partial charge in [-0.25, -0.2) is 4.98 Å². The van der Waals surface area contributed by atoms with E-state index in [0.29, 0.717) is 17.7 Å². The van der Waals surface area contributed by atoms with Crippen molar-refractivity contribution in [2.75, 3.05) is 18.4 Å². The Balaban J connectivity index is 1.39. The first-order chi connectivity index (χ1) is 18.4. The number of nitrogens with zero attached hydrogens (tertiary/aromatic N) is 4. The van der Waals surface area contributed by atoms with Crippen molar-refractivity contribution in [1.29, 1.82) is 0 Å². The second-order valence-corrected chi connectivity index (χ2v) is 10.7. The van der Waals surface area contributed by atoms with E-state index in [2.05, 4.69) is 53.8 Å². The van der Waals surface area contributed by atoms with Crippen molar-refractivity contribution in [3.8, 4) is 11.3 Å². The fraction of sp³-hybridized carbons (Fsp3) is 0.400. The highest BCUT2D eigenvalue weighted by Gasteiger charge is 2.24. The van der Waals surface area contributed by atoms with Crippen molar-refractivity contribution >= 4 is 29.8 Å². The van der Waals surface area contributed by atoms with Crippen LogP contribution in [0.3, 0.4) is 0 Å². The maximum atomic E-state index is 11.9. The fourth-order valence-corrected chi connectivity index (χ4v) is 5.23. The van der Waals surface area contributed by atoms with Gasteiger partial charge in [0.05, 0.1) is 11.9 Å². The first kappa shape index (κ1) is 25.7. The molecule has 2 aliphatic rings. The molecule has 2 aromatic heterocycles. The van der Waals surface area contributed by atoms with Crippen LogP contribution in [0.5, 0.6) is 0 Å². The van der Waals surface area contributed by atoms with E-state index >= 15 is 0 Å². The summed E-state index contributed by atoms with van der Waals surface area (Å²) in [6, 6.07) is 9.99. The number of benzene rings is 1. The number of hydrogen-bond donors (Lipinski definition) is 2. The van der Waals surface area contributed by atoms with E-state index in [4.69, 9.17) is 4.98 Å². The summed E-state index contributed by atoms with van der Waals surface area (Å²) in [6.45, 7) is 8.55. The number of pyridine rings is 1. The summed E-state index contributed by atoms with van der Waals surface area (Å²) in [5.41, 5.74) is 5.74. The molecule has 0 aliphatic carbocycles. The van der Waals surface area contributed by atoms with Crippen molar-refractivity contribution < 1.29 is 9.59 Å². The summed E-state index contributed by atoms with van der Waals surface area (Å²) in [5, 5.41) is 11.2. The quantitative estimate of drug-likeness (QED) is 0.399. The number of fused-ring (bicyclic) bond motifs is 1. The summed E-state index contributed by atoms with van der Waals surface area (Å²) in [4.78, 5) is 30.4. The second kappa shape index (κ2) is 11.2. The van der Waals surface area contributed by atoms with Crippen molar-refractivity contribution in [2.45, 2.75) is 58.5 Å². The van der Waals surface area contributed by atoms with Crippen LogP contribution in [0.2, 0.25) is 0 Å². The Morgan fingerprint density at radius 1 is 1.21 bits per heavy atom. The van der Waals surface area contributed by atoms with Gasteiger partial charge in [-0.15, -0.1) is 0 Å². The normalized spacial score (nSPS) is 17.3. The third-order valence-electron chi connectivity index (χ3n) is 7.53. The average molecular weight is 513 g/mol. The monoisotopic (exact) mass is 512 g/mol. The van der Waals surface area contributed by atoms with Gasteiger partial charge in [0.15, 0.2) is 0 Å². The molecule has 0 radical (unpaired) electrons. The van der Waals surface area contributed by atoms with Crippen LogP contribution in [-0.4, -0.2) is 44.9 Å². The van der Waals surface area contributed by atoms with E-state index < -0.39 is 6.04 Å². The van der Waals surface area contributed by atoms with Crippen molar-refractivity contribution in [1.82, 2.24) is 25.0 Å². The maximum Gasteiger partial charge on any atom is 0.219 e. The van der Waals surface area contributed by atoms with Crippen LogP contribution >= 0.6 is 0 Å². The number of piperidine rings is 1. The molecule has 1 atom stereocenters. The highest BCUT2D eigenvalue weighted by atomic mass is 16.2. The van der Waals surface area contributed by atoms with Gasteiger partial charge < -0.3 is 20.3 Å². The van der Waals surface area contributed by atoms with Crippen LogP contribution in [0.25, 0.3) is 17.3 Å². The van der Waals surface area contributed by atoms with Crippen LogP contribution in [0.4, 0.5) is 11.5 Å². The Kier molecular flexibility index (Phi) is 7.58. The van der Waals surface area contributed by atoms with Crippen LogP contribution in [0.15, 0.2) is 48.9 Å². The molecule has 2 aliphatic heterocycles. The Morgan fingerprint density at radius 3 is 2.66 bits per heavy atom. The van der Waals surface area contributed by atoms with E-state index in [9.17, 15) is 9.59 Å². The topological polar surface area (TPSA) is 92.2 Å². The first-order valence-corrected chi connectivity index (χ1v) is 13.5. The lowest BCUT2D eigenvalue weighted by atomic mass is 9.89. The predicted octanol–water partition coefficient (Wildman–Crippen LogP) is 5.27. The minimum atomic E-state index is -0.474. The zero-order chi connectivity index (χ0) is 26.6. The lowest BCUT2D eigenvalue weighted by molar-refractivity contribution is -0.129. The Hall–Kier alpha value is -3.94. The Morgan fingerprint density at radius 2 is 1.97 bits per heavy atom. The van der Waals surface area contributed by atoms with Crippen molar-refractivity contribution in [3.05, 3.63) is 65.6 Å². The highest BCUT2D eigenvalue weighted by Crippen LogP contribution is 2.35. The third-order valence-corrected chi connectivity index (χ3v) is 7.53. The zero-order valence-electron chi connectivity index (χ0n) is 22.4. The molecule has 0 saturated carbocycles. The SMILES string of the molecule is CC(=O)N1CCC(c2ccc(Nc3nc(-c4cnn(CCC(C)C)c4)cc4c3C(C=O)NC=C4)cc2)CC1. The molecule has 2 N–H and O–H groups in total. The van der Waals surface area contributed by atoms with Gasteiger partial charge in [-0.3, -0.25) is 9.48 Å². The number of anilines is 2. The molecular weight excluding hydrogens is 476 g/mol. The molecule has 0 spiro atoms. The van der Waals surface area contributed by atoms with E-state index in [1.54, 1.807) is 6.92 Å². The summed E-state index contributed by atoms with van der Waals surface area (Å²) in [5.74, 6) is 1.87. The molecule has 0 bridgehead atoms. The second-order valence-electron chi connectivity index (χ2n) is 10.7. The van der Waals surface area contributed by atoms with E-state index in [0.717, 1.165) is 73.3 Å². The fourth-order valence-electron chi connectivity index (χ4n) is 5.23. The van der Waals surface area contributed by atoms with Crippen molar-refractivity contribution in [2.24, 2.45) is 5.92 Å². The smallest absolute Gasteiger partial charge is 0.219 e. The molecular formula is C30H36N6O2. The number of carbonyl (C=O) groups excluding carboxylic acids is 2. The summed E-state index contributed by atoms with van der Waals surface area (Å²) < 4.78 is 1.97. The summed E-state index contributed by atoms with van der Waals surface area (Å²) >= 11 is 0. The number of aryl methyl sites for hydroxylation is 1. The van der Waals surface area contributed by atoms with Crippen LogP contribution in [0, 0.1) is 5.92 Å². The largest absolute Gasteiger partial charge is 0.378 e. The minimum absolute atomic E-state index is 0.155. The lowest BCUT2D eigenvalue weighted by Gasteiger charge is -2.31. The average Bonchev–Trinajstić information content (AvgIpc) is 3.41. The van der Waals surface area contributed by atoms with E-state index in [1.165, 1.54) is 5.56 Å². The molecule has 1 amide bonds. The zero-order valence-corrected chi connectivity index (χ0v) is 22.4. The molecule has 1 saturated heterocycles. The summed E-state index contributed by atoms with van der Waals surface area (Å²) in [6.07, 6.45) is 11.6. The lowest BCUT2D eigenvalue weighted by Crippen LogP contribution is -2.36. The van der Waals surface area contributed by atoms with Crippen LogP contribution in [-0.2, 0) is 16.1 Å². The first-order valence-electron chi connectivity index (χ1n) is 13.5. The molecule has 5 rings (SSSR count).